The van der Waals surface area contributed by atoms with Crippen LogP contribution < -0.4 is 5.32 Å². The quantitative estimate of drug-likeness (QED) is 0.233. The van der Waals surface area contributed by atoms with Crippen molar-refractivity contribution in [1.82, 2.24) is 4.98 Å². The Bertz CT molecular complexity index is 1520. The lowest BCUT2D eigenvalue weighted by Gasteiger charge is -2.02. The number of oxazole rings is 1. The molecule has 0 fully saturated rings. The summed E-state index contributed by atoms with van der Waals surface area (Å²) in [6.45, 7) is 2.10. The number of hydrogen-bond acceptors (Lipinski definition) is 6. The van der Waals surface area contributed by atoms with Gasteiger partial charge >= 0.3 is 0 Å². The molecule has 1 amide bonds. The molecule has 0 spiro atoms. The van der Waals surface area contributed by atoms with Crippen molar-refractivity contribution in [3.8, 4) is 22.8 Å². The maximum Gasteiger partial charge on any atom is 0.291 e. The average molecular weight is 453 g/mol. The van der Waals surface area contributed by atoms with Gasteiger partial charge in [0.1, 0.15) is 11.3 Å². The van der Waals surface area contributed by atoms with Crippen LogP contribution in [0, 0.1) is 10.1 Å². The highest BCUT2D eigenvalue weighted by Gasteiger charge is 2.16. The van der Waals surface area contributed by atoms with Gasteiger partial charge in [0.05, 0.1) is 4.92 Å². The normalized spacial score (nSPS) is 11.0. The molecule has 168 valence electrons. The van der Waals surface area contributed by atoms with Crippen LogP contribution >= 0.6 is 0 Å². The number of aromatic nitrogens is 1. The summed E-state index contributed by atoms with van der Waals surface area (Å²) in [5.41, 5.74) is 4.33. The lowest BCUT2D eigenvalue weighted by Crippen LogP contribution is -2.10. The van der Waals surface area contributed by atoms with Gasteiger partial charge in [-0.3, -0.25) is 14.9 Å². The van der Waals surface area contributed by atoms with Crippen LogP contribution in [0.1, 0.15) is 23.0 Å². The van der Waals surface area contributed by atoms with Gasteiger partial charge in [0.25, 0.3) is 11.6 Å². The third-order valence-electron chi connectivity index (χ3n) is 5.43. The molecule has 2 heterocycles. The minimum atomic E-state index is -0.480. The summed E-state index contributed by atoms with van der Waals surface area (Å²) in [7, 11) is 0. The summed E-state index contributed by atoms with van der Waals surface area (Å²) >= 11 is 0. The van der Waals surface area contributed by atoms with E-state index in [2.05, 4.69) is 17.2 Å². The van der Waals surface area contributed by atoms with Crippen LogP contribution in [0.25, 0.3) is 33.9 Å². The molecular weight excluding hydrogens is 434 g/mol. The van der Waals surface area contributed by atoms with Gasteiger partial charge in [-0.2, -0.15) is 0 Å². The highest BCUT2D eigenvalue weighted by atomic mass is 16.6. The Morgan fingerprint density at radius 2 is 1.79 bits per heavy atom. The number of amides is 1. The maximum absolute atomic E-state index is 12.7. The Morgan fingerprint density at radius 3 is 2.56 bits per heavy atom. The van der Waals surface area contributed by atoms with Gasteiger partial charge in [-0.1, -0.05) is 31.2 Å². The molecule has 8 nitrogen and oxygen atoms in total. The van der Waals surface area contributed by atoms with Gasteiger partial charge in [0.2, 0.25) is 5.89 Å². The first-order chi connectivity index (χ1) is 16.5. The second-order valence-electron chi connectivity index (χ2n) is 7.68. The number of nitro benzene ring substituents is 1. The van der Waals surface area contributed by atoms with Crippen LogP contribution in [0.4, 0.5) is 11.4 Å². The first kappa shape index (κ1) is 21.1. The number of non-ortho nitro benzene ring substituents is 1. The fourth-order valence-corrected chi connectivity index (χ4v) is 3.59. The zero-order valence-corrected chi connectivity index (χ0v) is 18.1. The average Bonchev–Trinajstić information content (AvgIpc) is 3.52. The molecule has 8 heteroatoms. The molecule has 2 aromatic heterocycles. The van der Waals surface area contributed by atoms with Crippen molar-refractivity contribution in [3.63, 3.8) is 0 Å². The molecular formula is C26H19N3O5. The first-order valence-electron chi connectivity index (χ1n) is 10.7. The zero-order valence-electron chi connectivity index (χ0n) is 18.1. The number of fused-ring (bicyclic) bond motifs is 1. The Balaban J connectivity index is 1.34. The summed E-state index contributed by atoms with van der Waals surface area (Å²) in [5.74, 6) is 0.502. The highest BCUT2D eigenvalue weighted by molar-refractivity contribution is 6.03. The minimum Gasteiger partial charge on any atom is -0.451 e. The Hall–Kier alpha value is -4.72. The van der Waals surface area contributed by atoms with Gasteiger partial charge in [-0.05, 0) is 54.4 Å². The fourth-order valence-electron chi connectivity index (χ4n) is 3.59. The molecule has 5 aromatic rings. The van der Waals surface area contributed by atoms with Crippen LogP contribution in [-0.4, -0.2) is 15.8 Å². The Morgan fingerprint density at radius 1 is 0.971 bits per heavy atom. The van der Waals surface area contributed by atoms with E-state index in [1.54, 1.807) is 36.4 Å². The third-order valence-corrected chi connectivity index (χ3v) is 5.43. The molecule has 1 N–H and O–H groups in total. The number of nitro groups is 1. The monoisotopic (exact) mass is 453 g/mol. The molecule has 0 aliphatic carbocycles. The third kappa shape index (κ3) is 4.16. The molecule has 5 rings (SSSR count). The van der Waals surface area contributed by atoms with E-state index in [-0.39, 0.29) is 11.4 Å². The van der Waals surface area contributed by atoms with Crippen LogP contribution in [0.2, 0.25) is 0 Å². The molecule has 0 aliphatic heterocycles. The van der Waals surface area contributed by atoms with Gasteiger partial charge in [0, 0.05) is 28.9 Å². The van der Waals surface area contributed by atoms with E-state index in [1.165, 1.54) is 23.8 Å². The molecule has 0 saturated carbocycles. The van der Waals surface area contributed by atoms with Crippen molar-refractivity contribution in [2.75, 3.05) is 5.32 Å². The number of furan rings is 1. The van der Waals surface area contributed by atoms with Crippen LogP contribution in [-0.2, 0) is 6.42 Å². The van der Waals surface area contributed by atoms with E-state index in [0.717, 1.165) is 12.0 Å². The summed E-state index contributed by atoms with van der Waals surface area (Å²) in [6.07, 6.45) is 0.958. The van der Waals surface area contributed by atoms with E-state index < -0.39 is 10.8 Å². The minimum absolute atomic E-state index is 0.0542. The molecule has 0 saturated heterocycles. The number of anilines is 1. The van der Waals surface area contributed by atoms with Gasteiger partial charge < -0.3 is 14.2 Å². The Labute approximate surface area is 194 Å². The standard InChI is InChI=1S/C26H19N3O5/c1-2-16-6-8-17(9-7-16)26-28-21-15-19(10-11-23(21)34-26)27-25(30)24-13-12-22(33-24)18-4-3-5-20(14-18)29(31)32/h3-15H,2H2,1H3,(H,27,30). The van der Waals surface area contributed by atoms with Crippen molar-refractivity contribution < 1.29 is 18.6 Å². The number of nitrogens with zero attached hydrogens (tertiary/aromatic N) is 2. The predicted octanol–water partition coefficient (Wildman–Crippen LogP) is 6.48. The molecule has 0 bridgehead atoms. The van der Waals surface area contributed by atoms with Crippen molar-refractivity contribution in [2.45, 2.75) is 13.3 Å². The van der Waals surface area contributed by atoms with Crippen LogP contribution in [0.15, 0.2) is 87.7 Å². The summed E-state index contributed by atoms with van der Waals surface area (Å²) in [5, 5.41) is 13.8. The van der Waals surface area contributed by atoms with Crippen molar-refractivity contribution in [2.24, 2.45) is 0 Å². The second kappa shape index (κ2) is 8.67. The number of benzene rings is 3. The molecule has 34 heavy (non-hydrogen) atoms. The molecule has 0 aliphatic rings. The lowest BCUT2D eigenvalue weighted by atomic mass is 10.1. The first-order valence-corrected chi connectivity index (χ1v) is 10.7. The van der Waals surface area contributed by atoms with Crippen LogP contribution in [0.5, 0.6) is 0 Å². The molecule has 0 radical (unpaired) electrons. The smallest absolute Gasteiger partial charge is 0.291 e. The SMILES string of the molecule is CCc1ccc(-c2nc3cc(NC(=O)c4ccc(-c5cccc([N+](=O)[O-])c5)o4)ccc3o2)cc1. The van der Waals surface area contributed by atoms with E-state index in [0.29, 0.717) is 34.0 Å². The fraction of sp³-hybridized carbons (Fsp3) is 0.0769. The maximum atomic E-state index is 12.7. The van der Waals surface area contributed by atoms with E-state index in [1.807, 2.05) is 24.3 Å². The van der Waals surface area contributed by atoms with Crippen molar-refractivity contribution in [1.29, 1.82) is 0 Å². The summed E-state index contributed by atoms with van der Waals surface area (Å²) in [6, 6.07) is 22.4. The number of carbonyl (C=O) groups is 1. The topological polar surface area (TPSA) is 111 Å². The summed E-state index contributed by atoms with van der Waals surface area (Å²) in [4.78, 5) is 27.8. The van der Waals surface area contributed by atoms with E-state index in [9.17, 15) is 14.9 Å². The highest BCUT2D eigenvalue weighted by Crippen LogP contribution is 2.28. The Kier molecular flexibility index (Phi) is 5.39. The number of aryl methyl sites for hydroxylation is 1. The number of nitrogens with one attached hydrogen (secondary N) is 1. The van der Waals surface area contributed by atoms with E-state index in [4.69, 9.17) is 8.83 Å². The van der Waals surface area contributed by atoms with Gasteiger partial charge in [-0.25, -0.2) is 4.98 Å². The molecule has 3 aromatic carbocycles. The molecule has 0 unspecified atom stereocenters. The zero-order chi connectivity index (χ0) is 23.7. The summed E-state index contributed by atoms with van der Waals surface area (Å²) < 4.78 is 11.5. The van der Waals surface area contributed by atoms with Crippen molar-refractivity contribution in [3.05, 3.63) is 100 Å². The number of rotatable bonds is 6. The van der Waals surface area contributed by atoms with Gasteiger partial charge in [0.15, 0.2) is 11.3 Å². The molecule has 0 atom stereocenters. The van der Waals surface area contributed by atoms with E-state index >= 15 is 0 Å². The lowest BCUT2D eigenvalue weighted by molar-refractivity contribution is -0.384. The number of carbonyl (C=O) groups excluding carboxylic acids is 1. The predicted molar refractivity (Wildman–Crippen MR) is 128 cm³/mol. The van der Waals surface area contributed by atoms with Crippen molar-refractivity contribution >= 4 is 28.4 Å². The largest absolute Gasteiger partial charge is 0.451 e. The number of hydrogen-bond donors (Lipinski definition) is 1. The second-order valence-corrected chi connectivity index (χ2v) is 7.68. The van der Waals surface area contributed by atoms with Gasteiger partial charge in [-0.15, -0.1) is 0 Å². The van der Waals surface area contributed by atoms with Crippen LogP contribution in [0.3, 0.4) is 0 Å².